The third-order valence-corrected chi connectivity index (χ3v) is 3.57. The minimum atomic E-state index is -0.358. The molecule has 1 aromatic rings. The van der Waals surface area contributed by atoms with Crippen molar-refractivity contribution in [3.63, 3.8) is 0 Å². The van der Waals surface area contributed by atoms with E-state index < -0.39 is 0 Å². The van der Waals surface area contributed by atoms with Crippen molar-refractivity contribution >= 4 is 5.91 Å². The van der Waals surface area contributed by atoms with Crippen LogP contribution in [-0.4, -0.2) is 34.6 Å². The van der Waals surface area contributed by atoms with Gasteiger partial charge in [-0.05, 0) is 31.6 Å². The van der Waals surface area contributed by atoms with Crippen LogP contribution in [0.2, 0.25) is 0 Å². The van der Waals surface area contributed by atoms with Crippen LogP contribution in [-0.2, 0) is 22.4 Å². The molecule has 1 aliphatic rings. The average Bonchev–Trinajstić information content (AvgIpc) is 3.10. The number of nitrogens with two attached hydrogens (primary N) is 1. The first-order valence-corrected chi connectivity index (χ1v) is 6.85. The second kappa shape index (κ2) is 6.14. The first kappa shape index (κ1) is 14.0. The number of hydrogen-bond acceptors (Lipinski definition) is 4. The standard InChI is InChI=1S/C13H22N4O2/c1-3-10(8-19-2)17-12(6-9-4-5-9)11(15-16-17)7-13(14)18/h9-10H,3-8H2,1-2H3,(H2,14,18). The topological polar surface area (TPSA) is 83.0 Å². The van der Waals surface area contributed by atoms with E-state index in [0.717, 1.165) is 24.2 Å². The Morgan fingerprint density at radius 2 is 2.32 bits per heavy atom. The summed E-state index contributed by atoms with van der Waals surface area (Å²) in [6.45, 7) is 2.70. The maximum atomic E-state index is 11.1. The van der Waals surface area contributed by atoms with Gasteiger partial charge in [0.25, 0.3) is 0 Å². The molecule has 1 fully saturated rings. The Morgan fingerprint density at radius 3 is 2.84 bits per heavy atom. The van der Waals surface area contributed by atoms with Crippen LogP contribution in [0.4, 0.5) is 0 Å². The molecule has 6 heteroatoms. The monoisotopic (exact) mass is 266 g/mol. The molecule has 106 valence electrons. The first-order chi connectivity index (χ1) is 9.15. The van der Waals surface area contributed by atoms with E-state index in [-0.39, 0.29) is 18.4 Å². The van der Waals surface area contributed by atoms with Gasteiger partial charge in [0.15, 0.2) is 0 Å². The summed E-state index contributed by atoms with van der Waals surface area (Å²) in [7, 11) is 1.68. The molecule has 0 bridgehead atoms. The molecule has 0 spiro atoms. The largest absolute Gasteiger partial charge is 0.382 e. The summed E-state index contributed by atoms with van der Waals surface area (Å²) in [5.74, 6) is 0.354. The maximum absolute atomic E-state index is 11.1. The summed E-state index contributed by atoms with van der Waals surface area (Å²) in [5.41, 5.74) is 7.07. The van der Waals surface area contributed by atoms with Crippen LogP contribution < -0.4 is 5.73 Å². The molecule has 1 aromatic heterocycles. The lowest BCUT2D eigenvalue weighted by molar-refractivity contribution is -0.117. The molecule has 1 heterocycles. The zero-order valence-electron chi connectivity index (χ0n) is 11.6. The lowest BCUT2D eigenvalue weighted by Crippen LogP contribution is -2.20. The summed E-state index contributed by atoms with van der Waals surface area (Å²) in [5, 5.41) is 8.36. The number of amides is 1. The van der Waals surface area contributed by atoms with Crippen LogP contribution in [0.3, 0.4) is 0 Å². The molecular formula is C13H22N4O2. The Bertz CT molecular complexity index is 440. The van der Waals surface area contributed by atoms with Crippen LogP contribution in [0.1, 0.15) is 43.6 Å². The van der Waals surface area contributed by atoms with Gasteiger partial charge in [-0.1, -0.05) is 12.1 Å². The molecule has 1 amide bonds. The molecule has 1 atom stereocenters. The van der Waals surface area contributed by atoms with Gasteiger partial charge in [-0.3, -0.25) is 4.79 Å². The summed E-state index contributed by atoms with van der Waals surface area (Å²) >= 11 is 0. The molecule has 0 aliphatic heterocycles. The molecular weight excluding hydrogens is 244 g/mol. The van der Waals surface area contributed by atoms with Gasteiger partial charge in [0.05, 0.1) is 30.5 Å². The van der Waals surface area contributed by atoms with Crippen molar-refractivity contribution in [2.75, 3.05) is 13.7 Å². The molecule has 0 radical (unpaired) electrons. The van der Waals surface area contributed by atoms with E-state index in [2.05, 4.69) is 17.2 Å². The molecule has 1 saturated carbocycles. The number of carbonyl (C=O) groups is 1. The fraction of sp³-hybridized carbons (Fsp3) is 0.769. The number of carbonyl (C=O) groups excluding carboxylic acids is 1. The highest BCUT2D eigenvalue weighted by atomic mass is 16.5. The summed E-state index contributed by atoms with van der Waals surface area (Å²) in [4.78, 5) is 11.1. The fourth-order valence-corrected chi connectivity index (χ4v) is 2.30. The smallest absolute Gasteiger partial charge is 0.223 e. The molecule has 2 N–H and O–H groups in total. The van der Waals surface area contributed by atoms with Crippen molar-refractivity contribution in [1.29, 1.82) is 0 Å². The van der Waals surface area contributed by atoms with Crippen molar-refractivity contribution in [2.24, 2.45) is 11.7 Å². The highest BCUT2D eigenvalue weighted by Crippen LogP contribution is 2.34. The van der Waals surface area contributed by atoms with Gasteiger partial charge in [0, 0.05) is 7.11 Å². The Balaban J connectivity index is 2.24. The van der Waals surface area contributed by atoms with E-state index in [9.17, 15) is 4.79 Å². The van der Waals surface area contributed by atoms with E-state index in [1.165, 1.54) is 12.8 Å². The number of ether oxygens (including phenoxy) is 1. The normalized spacial score (nSPS) is 16.5. The predicted octanol–water partition coefficient (Wildman–Crippen LogP) is 0.856. The van der Waals surface area contributed by atoms with Crippen molar-refractivity contribution < 1.29 is 9.53 Å². The van der Waals surface area contributed by atoms with Crippen LogP contribution in [0.25, 0.3) is 0 Å². The van der Waals surface area contributed by atoms with E-state index in [1.54, 1.807) is 7.11 Å². The Hall–Kier alpha value is -1.43. The van der Waals surface area contributed by atoms with Gasteiger partial charge in [-0.2, -0.15) is 0 Å². The third-order valence-electron chi connectivity index (χ3n) is 3.57. The second-order valence-corrected chi connectivity index (χ2v) is 5.24. The van der Waals surface area contributed by atoms with E-state index >= 15 is 0 Å². The first-order valence-electron chi connectivity index (χ1n) is 6.85. The summed E-state index contributed by atoms with van der Waals surface area (Å²) < 4.78 is 7.17. The third kappa shape index (κ3) is 3.53. The fourth-order valence-electron chi connectivity index (χ4n) is 2.30. The summed E-state index contributed by atoms with van der Waals surface area (Å²) in [6, 6.07) is 0.174. The molecule has 1 unspecified atom stereocenters. The minimum absolute atomic E-state index is 0.172. The Kier molecular flexibility index (Phi) is 4.52. The van der Waals surface area contributed by atoms with E-state index in [4.69, 9.17) is 10.5 Å². The average molecular weight is 266 g/mol. The van der Waals surface area contributed by atoms with Gasteiger partial charge >= 0.3 is 0 Å². The van der Waals surface area contributed by atoms with E-state index in [0.29, 0.717) is 12.5 Å². The molecule has 1 aliphatic carbocycles. The highest BCUT2D eigenvalue weighted by molar-refractivity contribution is 5.76. The van der Waals surface area contributed by atoms with Crippen LogP contribution >= 0.6 is 0 Å². The molecule has 19 heavy (non-hydrogen) atoms. The number of primary amides is 1. The molecule has 0 saturated heterocycles. The second-order valence-electron chi connectivity index (χ2n) is 5.24. The van der Waals surface area contributed by atoms with Crippen molar-refractivity contribution in [3.05, 3.63) is 11.4 Å². The van der Waals surface area contributed by atoms with Crippen LogP contribution in [0.15, 0.2) is 0 Å². The van der Waals surface area contributed by atoms with E-state index in [1.807, 2.05) is 4.68 Å². The number of nitrogens with zero attached hydrogens (tertiary/aromatic N) is 3. The van der Waals surface area contributed by atoms with Crippen molar-refractivity contribution in [1.82, 2.24) is 15.0 Å². The quantitative estimate of drug-likeness (QED) is 0.756. The number of rotatable bonds is 8. The zero-order chi connectivity index (χ0) is 13.8. The van der Waals surface area contributed by atoms with Gasteiger partial charge < -0.3 is 10.5 Å². The summed E-state index contributed by atoms with van der Waals surface area (Å²) in [6.07, 6.45) is 4.54. The Morgan fingerprint density at radius 1 is 1.58 bits per heavy atom. The lowest BCUT2D eigenvalue weighted by atomic mass is 10.1. The van der Waals surface area contributed by atoms with Gasteiger partial charge in [0.2, 0.25) is 5.91 Å². The molecule has 2 rings (SSSR count). The van der Waals surface area contributed by atoms with Crippen LogP contribution in [0, 0.1) is 5.92 Å². The van der Waals surface area contributed by atoms with Crippen molar-refractivity contribution in [3.8, 4) is 0 Å². The molecule has 0 aromatic carbocycles. The highest BCUT2D eigenvalue weighted by Gasteiger charge is 2.28. The molecule has 6 nitrogen and oxygen atoms in total. The Labute approximate surface area is 113 Å². The maximum Gasteiger partial charge on any atom is 0.223 e. The van der Waals surface area contributed by atoms with Gasteiger partial charge in [-0.25, -0.2) is 4.68 Å². The predicted molar refractivity (Wildman–Crippen MR) is 70.6 cm³/mol. The van der Waals surface area contributed by atoms with Gasteiger partial charge in [-0.15, -0.1) is 5.10 Å². The SMILES string of the molecule is CCC(COC)n1nnc(CC(N)=O)c1CC1CC1. The lowest BCUT2D eigenvalue weighted by Gasteiger charge is -2.17. The van der Waals surface area contributed by atoms with Crippen molar-refractivity contribution in [2.45, 2.75) is 45.1 Å². The van der Waals surface area contributed by atoms with Gasteiger partial charge in [0.1, 0.15) is 0 Å². The number of aromatic nitrogens is 3. The number of hydrogen-bond donors (Lipinski definition) is 1. The number of methoxy groups -OCH3 is 1. The minimum Gasteiger partial charge on any atom is -0.382 e. The van der Waals surface area contributed by atoms with Crippen LogP contribution in [0.5, 0.6) is 0 Å². The zero-order valence-corrected chi connectivity index (χ0v) is 11.6.